The van der Waals surface area contributed by atoms with E-state index in [1.54, 1.807) is 11.3 Å². The minimum atomic E-state index is -0.791. The van der Waals surface area contributed by atoms with Gasteiger partial charge in [-0.05, 0) is 25.3 Å². The van der Waals surface area contributed by atoms with Crippen LogP contribution in [0.5, 0.6) is 0 Å². The van der Waals surface area contributed by atoms with E-state index in [1.165, 1.54) is 0 Å². The minimum Gasteiger partial charge on any atom is -0.483 e. The fourth-order valence-electron chi connectivity index (χ4n) is 1.32. The SMILES string of the molecule is C/C(=N/N=C(/N)OB1OCC(C)O1)c1cccs1. The maximum Gasteiger partial charge on any atom is 0.715 e. The van der Waals surface area contributed by atoms with Crippen LogP contribution < -0.4 is 5.73 Å². The van der Waals surface area contributed by atoms with Gasteiger partial charge in [0, 0.05) is 0 Å². The van der Waals surface area contributed by atoms with E-state index in [1.807, 2.05) is 31.4 Å². The quantitative estimate of drug-likeness (QED) is 0.386. The molecule has 1 aliphatic rings. The van der Waals surface area contributed by atoms with Crippen LogP contribution in [0.15, 0.2) is 27.7 Å². The summed E-state index contributed by atoms with van der Waals surface area (Å²) in [6, 6.07) is 3.83. The first-order valence-electron chi connectivity index (χ1n) is 5.50. The molecule has 0 radical (unpaired) electrons. The number of amidine groups is 1. The Morgan fingerprint density at radius 3 is 3.06 bits per heavy atom. The van der Waals surface area contributed by atoms with Crippen LogP contribution in [0.4, 0.5) is 0 Å². The van der Waals surface area contributed by atoms with E-state index in [2.05, 4.69) is 10.2 Å². The van der Waals surface area contributed by atoms with E-state index in [4.69, 9.17) is 19.7 Å². The summed E-state index contributed by atoms with van der Waals surface area (Å²) >= 11 is 1.58. The van der Waals surface area contributed by atoms with E-state index in [0.717, 1.165) is 10.6 Å². The summed E-state index contributed by atoms with van der Waals surface area (Å²) in [6.45, 7) is 4.22. The monoisotopic (exact) mass is 267 g/mol. The second-order valence-electron chi connectivity index (χ2n) is 3.79. The molecular weight excluding hydrogens is 253 g/mol. The molecule has 1 saturated heterocycles. The first kappa shape index (κ1) is 13.1. The third-order valence-corrected chi connectivity index (χ3v) is 3.18. The average molecular weight is 267 g/mol. The van der Waals surface area contributed by atoms with Gasteiger partial charge >= 0.3 is 7.32 Å². The molecule has 2 rings (SSSR count). The maximum atomic E-state index is 5.56. The van der Waals surface area contributed by atoms with E-state index in [0.29, 0.717) is 6.61 Å². The van der Waals surface area contributed by atoms with Gasteiger partial charge in [-0.2, -0.15) is 0 Å². The van der Waals surface area contributed by atoms with Crippen LogP contribution in [0.1, 0.15) is 18.7 Å². The van der Waals surface area contributed by atoms with Crippen LogP contribution in [0.3, 0.4) is 0 Å². The Labute approximate surface area is 110 Å². The van der Waals surface area contributed by atoms with Gasteiger partial charge < -0.3 is 19.7 Å². The molecule has 1 fully saturated rings. The number of thiophene rings is 1. The fraction of sp³-hybridized carbons (Fsp3) is 0.400. The van der Waals surface area contributed by atoms with Crippen molar-refractivity contribution in [3.63, 3.8) is 0 Å². The Morgan fingerprint density at radius 1 is 1.61 bits per heavy atom. The highest BCUT2D eigenvalue weighted by atomic mass is 32.1. The van der Waals surface area contributed by atoms with Gasteiger partial charge in [0.25, 0.3) is 6.02 Å². The molecule has 2 N–H and O–H groups in total. The number of nitrogens with zero attached hydrogens (tertiary/aromatic N) is 2. The van der Waals surface area contributed by atoms with Crippen molar-refractivity contribution in [3.05, 3.63) is 22.4 Å². The lowest BCUT2D eigenvalue weighted by molar-refractivity contribution is 0.227. The van der Waals surface area contributed by atoms with Crippen LogP contribution >= 0.6 is 11.3 Å². The van der Waals surface area contributed by atoms with Crippen molar-refractivity contribution in [1.82, 2.24) is 0 Å². The normalized spacial score (nSPS) is 21.4. The van der Waals surface area contributed by atoms with E-state index in [-0.39, 0.29) is 12.1 Å². The van der Waals surface area contributed by atoms with Crippen molar-refractivity contribution >= 4 is 30.4 Å². The first-order chi connectivity index (χ1) is 8.65. The van der Waals surface area contributed by atoms with E-state index >= 15 is 0 Å². The van der Waals surface area contributed by atoms with Crippen molar-refractivity contribution in [3.8, 4) is 0 Å². The van der Waals surface area contributed by atoms with Crippen molar-refractivity contribution in [1.29, 1.82) is 0 Å². The highest BCUT2D eigenvalue weighted by molar-refractivity contribution is 7.12. The lowest BCUT2D eigenvalue weighted by Gasteiger charge is -2.05. The molecule has 0 saturated carbocycles. The summed E-state index contributed by atoms with van der Waals surface area (Å²) in [5.41, 5.74) is 6.34. The third-order valence-electron chi connectivity index (χ3n) is 2.20. The molecule has 0 aliphatic carbocycles. The molecule has 0 aromatic carbocycles. The van der Waals surface area contributed by atoms with Crippen molar-refractivity contribution in [2.24, 2.45) is 15.9 Å². The molecule has 0 amide bonds. The lowest BCUT2D eigenvalue weighted by Crippen LogP contribution is -2.29. The summed E-state index contributed by atoms with van der Waals surface area (Å²) in [6.07, 6.45) is -0.000781. The number of rotatable bonds is 3. The average Bonchev–Trinajstić information content (AvgIpc) is 2.97. The van der Waals surface area contributed by atoms with Gasteiger partial charge in [-0.25, -0.2) is 0 Å². The van der Waals surface area contributed by atoms with Crippen LogP contribution in [-0.2, 0) is 14.0 Å². The van der Waals surface area contributed by atoms with E-state index < -0.39 is 7.32 Å². The largest absolute Gasteiger partial charge is 0.715 e. The Kier molecular flexibility index (Phi) is 4.35. The highest BCUT2D eigenvalue weighted by Gasteiger charge is 2.34. The van der Waals surface area contributed by atoms with Crippen LogP contribution in [0.2, 0.25) is 0 Å². The summed E-state index contributed by atoms with van der Waals surface area (Å²) in [7, 11) is -0.791. The maximum absolute atomic E-state index is 5.56. The molecule has 0 spiro atoms. The van der Waals surface area contributed by atoms with Crippen LogP contribution in [0.25, 0.3) is 0 Å². The van der Waals surface area contributed by atoms with E-state index in [9.17, 15) is 0 Å². The van der Waals surface area contributed by atoms with Crippen molar-refractivity contribution in [2.45, 2.75) is 20.0 Å². The van der Waals surface area contributed by atoms with Gasteiger partial charge in [0.05, 0.1) is 23.3 Å². The van der Waals surface area contributed by atoms with Gasteiger partial charge in [-0.1, -0.05) is 11.2 Å². The first-order valence-corrected chi connectivity index (χ1v) is 6.38. The smallest absolute Gasteiger partial charge is 0.483 e. The molecule has 2 heterocycles. The molecule has 1 atom stereocenters. The molecule has 18 heavy (non-hydrogen) atoms. The molecule has 1 unspecified atom stereocenters. The molecule has 6 nitrogen and oxygen atoms in total. The standard InChI is InChI=1S/C10H14BN3O3S/c1-7-6-15-11(16-7)17-10(12)14-13-8(2)9-4-3-5-18-9/h3-5,7H,6H2,1-2H3,(H2,12,14)/b13-8-. The van der Waals surface area contributed by atoms with Crippen LogP contribution in [0, 0.1) is 0 Å². The van der Waals surface area contributed by atoms with Crippen molar-refractivity contribution in [2.75, 3.05) is 6.61 Å². The molecule has 1 aliphatic heterocycles. The second kappa shape index (κ2) is 5.99. The number of hydrogen-bond donors (Lipinski definition) is 1. The Balaban J connectivity index is 1.90. The van der Waals surface area contributed by atoms with Gasteiger partial charge in [0.1, 0.15) is 0 Å². The molecule has 1 aromatic heterocycles. The summed E-state index contributed by atoms with van der Waals surface area (Å²) in [5.74, 6) is 0. The Bertz CT molecular complexity index is 449. The molecule has 1 aromatic rings. The molecule has 0 bridgehead atoms. The zero-order valence-corrected chi connectivity index (χ0v) is 11.0. The van der Waals surface area contributed by atoms with Crippen molar-refractivity contribution < 1.29 is 14.0 Å². The lowest BCUT2D eigenvalue weighted by atomic mass is 10.2. The summed E-state index contributed by atoms with van der Waals surface area (Å²) in [4.78, 5) is 1.04. The molecule has 8 heteroatoms. The Morgan fingerprint density at radius 2 is 2.44 bits per heavy atom. The predicted octanol–water partition coefficient (Wildman–Crippen LogP) is 1.22. The number of hydrogen-bond acceptors (Lipinski definition) is 6. The topological polar surface area (TPSA) is 78.4 Å². The zero-order chi connectivity index (χ0) is 13.0. The summed E-state index contributed by atoms with van der Waals surface area (Å²) in [5, 5.41) is 9.73. The number of nitrogens with two attached hydrogens (primary N) is 1. The third kappa shape index (κ3) is 3.56. The van der Waals surface area contributed by atoms with Gasteiger partial charge in [0.15, 0.2) is 0 Å². The van der Waals surface area contributed by atoms with Gasteiger partial charge in [-0.3, -0.25) is 0 Å². The minimum absolute atomic E-state index is 0.000781. The Hall–Kier alpha value is -1.38. The van der Waals surface area contributed by atoms with Gasteiger partial charge in [0.2, 0.25) is 0 Å². The van der Waals surface area contributed by atoms with Crippen LogP contribution in [-0.4, -0.2) is 31.8 Å². The summed E-state index contributed by atoms with van der Waals surface area (Å²) < 4.78 is 15.6. The fourth-order valence-corrected chi connectivity index (χ4v) is 2.00. The zero-order valence-electron chi connectivity index (χ0n) is 10.2. The highest BCUT2D eigenvalue weighted by Crippen LogP contribution is 2.10. The second-order valence-corrected chi connectivity index (χ2v) is 4.74. The van der Waals surface area contributed by atoms with Gasteiger partial charge in [-0.15, -0.1) is 16.4 Å². The molecule has 96 valence electrons. The predicted molar refractivity (Wildman–Crippen MR) is 71.5 cm³/mol. The molecular formula is C10H14BN3O3S.